The van der Waals surface area contributed by atoms with Crippen molar-refractivity contribution < 1.29 is 33.8 Å². The Kier molecular flexibility index (Phi) is 5.66. The zero-order valence-electron chi connectivity index (χ0n) is 11.6. The SMILES string of the molecule is CCC(C)OP(=O)(O)Cc1cc(C(=O)O)cc(C(=O)O)c1. The Morgan fingerprint density at radius 2 is 1.67 bits per heavy atom. The Labute approximate surface area is 121 Å². The van der Waals surface area contributed by atoms with E-state index in [1.54, 1.807) is 13.8 Å². The quantitative estimate of drug-likeness (QED) is 0.661. The summed E-state index contributed by atoms with van der Waals surface area (Å²) in [6.07, 6.45) is -0.332. The molecule has 0 bridgehead atoms. The van der Waals surface area contributed by atoms with Crippen LogP contribution in [0.3, 0.4) is 0 Å². The van der Waals surface area contributed by atoms with Crippen molar-refractivity contribution >= 4 is 19.5 Å². The molecule has 3 N–H and O–H groups in total. The molecule has 0 spiro atoms. The van der Waals surface area contributed by atoms with E-state index in [4.69, 9.17) is 14.7 Å². The predicted molar refractivity (Wildman–Crippen MR) is 74.7 cm³/mol. The lowest BCUT2D eigenvalue weighted by Crippen LogP contribution is -2.07. The van der Waals surface area contributed by atoms with Gasteiger partial charge in [-0.1, -0.05) is 6.92 Å². The largest absolute Gasteiger partial charge is 0.478 e. The maximum atomic E-state index is 12.0. The summed E-state index contributed by atoms with van der Waals surface area (Å²) in [6.45, 7) is 3.43. The van der Waals surface area contributed by atoms with Gasteiger partial charge in [-0.3, -0.25) is 4.57 Å². The highest BCUT2D eigenvalue weighted by Crippen LogP contribution is 2.47. The second-order valence-corrected chi connectivity index (χ2v) is 6.45. The Hall–Kier alpha value is -1.69. The van der Waals surface area contributed by atoms with Gasteiger partial charge in [-0.05, 0) is 37.1 Å². The van der Waals surface area contributed by atoms with Crippen LogP contribution < -0.4 is 0 Å². The van der Waals surface area contributed by atoms with E-state index >= 15 is 0 Å². The van der Waals surface area contributed by atoms with Crippen molar-refractivity contribution in [2.45, 2.75) is 32.5 Å². The molecule has 1 aromatic carbocycles. The molecule has 0 aliphatic carbocycles. The highest BCUT2D eigenvalue weighted by Gasteiger charge is 2.24. The molecule has 2 atom stereocenters. The van der Waals surface area contributed by atoms with E-state index in [0.717, 1.165) is 18.2 Å². The van der Waals surface area contributed by atoms with Crippen LogP contribution in [0.25, 0.3) is 0 Å². The van der Waals surface area contributed by atoms with Crippen molar-refractivity contribution in [1.29, 1.82) is 0 Å². The first-order chi connectivity index (χ1) is 9.64. The summed E-state index contributed by atoms with van der Waals surface area (Å²) in [5.74, 6) is -2.62. The average molecular weight is 316 g/mol. The molecular formula is C13H17O7P. The number of hydrogen-bond donors (Lipinski definition) is 3. The number of carboxylic acids is 2. The summed E-state index contributed by atoms with van der Waals surface area (Å²) in [5, 5.41) is 17.9. The van der Waals surface area contributed by atoms with Gasteiger partial charge in [0.15, 0.2) is 0 Å². The van der Waals surface area contributed by atoms with Crippen LogP contribution in [0, 0.1) is 0 Å². The fraction of sp³-hybridized carbons (Fsp3) is 0.385. The van der Waals surface area contributed by atoms with E-state index in [9.17, 15) is 19.0 Å². The maximum absolute atomic E-state index is 12.0. The molecule has 1 rings (SSSR count). The van der Waals surface area contributed by atoms with Crippen LogP contribution in [0.4, 0.5) is 0 Å². The maximum Gasteiger partial charge on any atom is 0.335 e. The van der Waals surface area contributed by atoms with Gasteiger partial charge in [-0.2, -0.15) is 0 Å². The second kappa shape index (κ2) is 6.85. The van der Waals surface area contributed by atoms with Gasteiger partial charge in [0.2, 0.25) is 0 Å². The summed E-state index contributed by atoms with van der Waals surface area (Å²) < 4.78 is 17.0. The van der Waals surface area contributed by atoms with Gasteiger partial charge in [0.25, 0.3) is 0 Å². The summed E-state index contributed by atoms with van der Waals surface area (Å²) >= 11 is 0. The summed E-state index contributed by atoms with van der Waals surface area (Å²) in [4.78, 5) is 31.7. The van der Waals surface area contributed by atoms with Crippen LogP contribution >= 0.6 is 7.60 Å². The molecule has 116 valence electrons. The monoisotopic (exact) mass is 316 g/mol. The van der Waals surface area contributed by atoms with Crippen molar-refractivity contribution in [1.82, 2.24) is 0 Å². The first kappa shape index (κ1) is 17.4. The minimum atomic E-state index is -3.97. The predicted octanol–water partition coefficient (Wildman–Crippen LogP) is 2.58. The lowest BCUT2D eigenvalue weighted by atomic mass is 10.1. The number of carbonyl (C=O) groups is 2. The van der Waals surface area contributed by atoms with Crippen LogP contribution in [0.5, 0.6) is 0 Å². The van der Waals surface area contributed by atoms with Gasteiger partial charge in [0.1, 0.15) is 0 Å². The van der Waals surface area contributed by atoms with E-state index in [0.29, 0.717) is 6.42 Å². The smallest absolute Gasteiger partial charge is 0.335 e. The molecule has 0 aliphatic rings. The molecule has 0 heterocycles. The Morgan fingerprint density at radius 3 is 2.05 bits per heavy atom. The van der Waals surface area contributed by atoms with E-state index in [1.165, 1.54) is 0 Å². The normalized spacial score (nSPS) is 15.2. The van der Waals surface area contributed by atoms with Crippen LogP contribution in [0.1, 0.15) is 46.5 Å². The Balaban J connectivity index is 3.10. The third-order valence-corrected chi connectivity index (χ3v) is 4.24. The summed E-state index contributed by atoms with van der Waals surface area (Å²) in [7, 11) is -3.97. The lowest BCUT2D eigenvalue weighted by Gasteiger charge is -2.17. The second-order valence-electron chi connectivity index (χ2n) is 4.65. The van der Waals surface area contributed by atoms with Gasteiger partial charge < -0.3 is 19.6 Å². The molecule has 1 aromatic rings. The lowest BCUT2D eigenvalue weighted by molar-refractivity contribution is 0.0696. The number of aromatic carboxylic acids is 2. The molecule has 8 heteroatoms. The molecule has 0 fully saturated rings. The summed E-state index contributed by atoms with van der Waals surface area (Å²) in [5.41, 5.74) is -0.386. The number of carboxylic acid groups (broad SMARTS) is 2. The summed E-state index contributed by atoms with van der Waals surface area (Å²) in [6, 6.07) is 3.32. The molecule has 2 unspecified atom stereocenters. The molecule has 0 aromatic heterocycles. The van der Waals surface area contributed by atoms with Crippen LogP contribution in [-0.2, 0) is 15.3 Å². The van der Waals surface area contributed by atoms with Gasteiger partial charge >= 0.3 is 19.5 Å². The van der Waals surface area contributed by atoms with Crippen molar-refractivity contribution in [3.63, 3.8) is 0 Å². The molecule has 0 aliphatic heterocycles. The highest BCUT2D eigenvalue weighted by atomic mass is 31.2. The Morgan fingerprint density at radius 1 is 1.19 bits per heavy atom. The van der Waals surface area contributed by atoms with Gasteiger partial charge in [-0.25, -0.2) is 9.59 Å². The topological polar surface area (TPSA) is 121 Å². The molecule has 21 heavy (non-hydrogen) atoms. The van der Waals surface area contributed by atoms with E-state index in [-0.39, 0.29) is 16.7 Å². The molecule has 0 amide bonds. The van der Waals surface area contributed by atoms with Gasteiger partial charge in [0, 0.05) is 0 Å². The first-order valence-electron chi connectivity index (χ1n) is 6.25. The van der Waals surface area contributed by atoms with E-state index in [2.05, 4.69) is 0 Å². The third-order valence-electron chi connectivity index (χ3n) is 2.79. The Bertz CT molecular complexity index is 564. The van der Waals surface area contributed by atoms with Crippen molar-refractivity contribution in [2.24, 2.45) is 0 Å². The fourth-order valence-electron chi connectivity index (χ4n) is 1.65. The van der Waals surface area contributed by atoms with Gasteiger partial charge in [0.05, 0.1) is 23.4 Å². The van der Waals surface area contributed by atoms with Crippen molar-refractivity contribution in [3.8, 4) is 0 Å². The van der Waals surface area contributed by atoms with Crippen molar-refractivity contribution in [2.75, 3.05) is 0 Å². The zero-order chi connectivity index (χ0) is 16.2. The number of rotatable bonds is 7. The third kappa shape index (κ3) is 5.30. The molecule has 7 nitrogen and oxygen atoms in total. The van der Waals surface area contributed by atoms with Crippen LogP contribution in [0.15, 0.2) is 18.2 Å². The number of hydrogen-bond acceptors (Lipinski definition) is 4. The first-order valence-corrected chi connectivity index (χ1v) is 8.01. The molecule has 0 radical (unpaired) electrons. The number of benzene rings is 1. The molecular weight excluding hydrogens is 299 g/mol. The highest BCUT2D eigenvalue weighted by molar-refractivity contribution is 7.52. The minimum Gasteiger partial charge on any atom is -0.478 e. The standard InChI is InChI=1S/C13H17O7P/c1-3-8(2)20-21(18,19)7-9-4-10(12(14)15)6-11(5-9)13(16)17/h4-6,8H,3,7H2,1-2H3,(H,14,15)(H,16,17)(H,18,19). The van der Waals surface area contributed by atoms with E-state index < -0.39 is 31.8 Å². The van der Waals surface area contributed by atoms with Gasteiger partial charge in [-0.15, -0.1) is 0 Å². The minimum absolute atomic E-state index is 0.126. The van der Waals surface area contributed by atoms with Crippen LogP contribution in [0.2, 0.25) is 0 Å². The average Bonchev–Trinajstić information content (AvgIpc) is 2.36. The fourth-order valence-corrected chi connectivity index (χ4v) is 3.08. The van der Waals surface area contributed by atoms with Crippen molar-refractivity contribution in [3.05, 3.63) is 34.9 Å². The van der Waals surface area contributed by atoms with E-state index in [1.807, 2.05) is 0 Å². The zero-order valence-corrected chi connectivity index (χ0v) is 12.5. The molecule has 0 saturated carbocycles. The molecule has 0 saturated heterocycles. The van der Waals surface area contributed by atoms with Crippen LogP contribution in [-0.4, -0.2) is 33.1 Å².